The lowest BCUT2D eigenvalue weighted by atomic mass is 9.94. The molecule has 164 valence electrons. The van der Waals surface area contributed by atoms with Gasteiger partial charge in [0.1, 0.15) is 5.01 Å². The van der Waals surface area contributed by atoms with Gasteiger partial charge in [-0.25, -0.2) is 4.98 Å². The molecule has 0 bridgehead atoms. The molecular formula is C23H22ClN5O2S. The molecule has 1 amide bonds. The molecule has 1 N–H and O–H groups in total. The van der Waals surface area contributed by atoms with E-state index in [2.05, 4.69) is 34.3 Å². The summed E-state index contributed by atoms with van der Waals surface area (Å²) in [5.74, 6) is 0.649. The molecule has 7 nitrogen and oxygen atoms in total. The van der Waals surface area contributed by atoms with Gasteiger partial charge < -0.3 is 9.84 Å². The van der Waals surface area contributed by atoms with Crippen LogP contribution in [0.3, 0.4) is 0 Å². The summed E-state index contributed by atoms with van der Waals surface area (Å²) in [5.41, 5.74) is 3.28. The molecule has 0 atom stereocenters. The summed E-state index contributed by atoms with van der Waals surface area (Å²) in [4.78, 5) is 26.3. The molecule has 0 aliphatic carbocycles. The molecule has 4 rings (SSSR count). The number of aromatic nitrogens is 4. The van der Waals surface area contributed by atoms with Crippen molar-refractivity contribution in [1.82, 2.24) is 25.4 Å². The quantitative estimate of drug-likeness (QED) is 0.417. The van der Waals surface area contributed by atoms with Gasteiger partial charge in [-0.1, -0.05) is 42.7 Å². The monoisotopic (exact) mass is 467 g/mol. The number of rotatable bonds is 6. The van der Waals surface area contributed by atoms with Gasteiger partial charge in [0.15, 0.2) is 0 Å². The van der Waals surface area contributed by atoms with Crippen LogP contribution in [0.15, 0.2) is 46.4 Å². The van der Waals surface area contributed by atoms with Crippen molar-refractivity contribution in [2.75, 3.05) is 6.54 Å². The molecule has 0 fully saturated rings. The van der Waals surface area contributed by atoms with Crippen LogP contribution >= 0.6 is 22.9 Å². The van der Waals surface area contributed by atoms with Crippen molar-refractivity contribution in [3.8, 4) is 22.6 Å². The highest BCUT2D eigenvalue weighted by molar-refractivity contribution is 7.10. The van der Waals surface area contributed by atoms with Crippen molar-refractivity contribution in [1.29, 1.82) is 0 Å². The maximum absolute atomic E-state index is 12.9. The SMILES string of the molecule is Cc1nc(-c2cnc(C)c(C(=O)NCC(C)(C)c3nc(-c4ccc(Cl)cc4)cs3)c2)no1. The van der Waals surface area contributed by atoms with Crippen LogP contribution < -0.4 is 5.32 Å². The number of benzene rings is 1. The third-order valence-corrected chi connectivity index (χ3v) is 6.49. The summed E-state index contributed by atoms with van der Waals surface area (Å²) in [7, 11) is 0. The summed E-state index contributed by atoms with van der Waals surface area (Å²) in [5, 5.41) is 10.6. The molecular weight excluding hydrogens is 446 g/mol. The van der Waals surface area contributed by atoms with Gasteiger partial charge in [-0.05, 0) is 25.1 Å². The van der Waals surface area contributed by atoms with Crippen LogP contribution in [0, 0.1) is 13.8 Å². The summed E-state index contributed by atoms with van der Waals surface area (Å²) in [6.07, 6.45) is 1.63. The van der Waals surface area contributed by atoms with Crippen molar-refractivity contribution in [3.05, 3.63) is 69.1 Å². The topological polar surface area (TPSA) is 93.8 Å². The van der Waals surface area contributed by atoms with Crippen LogP contribution in [0.25, 0.3) is 22.6 Å². The van der Waals surface area contributed by atoms with E-state index >= 15 is 0 Å². The van der Waals surface area contributed by atoms with Gasteiger partial charge in [0.2, 0.25) is 11.7 Å². The average molecular weight is 468 g/mol. The second-order valence-corrected chi connectivity index (χ2v) is 9.40. The van der Waals surface area contributed by atoms with E-state index < -0.39 is 0 Å². The van der Waals surface area contributed by atoms with Crippen LogP contribution in [0.2, 0.25) is 5.02 Å². The van der Waals surface area contributed by atoms with E-state index in [-0.39, 0.29) is 11.3 Å². The van der Waals surface area contributed by atoms with Crippen molar-refractivity contribution < 1.29 is 9.32 Å². The van der Waals surface area contributed by atoms with Crippen LogP contribution in [0.5, 0.6) is 0 Å². The molecule has 3 heterocycles. The number of hydrogen-bond acceptors (Lipinski definition) is 7. The molecule has 4 aromatic rings. The zero-order chi connectivity index (χ0) is 22.9. The van der Waals surface area contributed by atoms with Crippen LogP contribution in [0.1, 0.15) is 40.8 Å². The smallest absolute Gasteiger partial charge is 0.253 e. The van der Waals surface area contributed by atoms with Crippen LogP contribution in [-0.4, -0.2) is 32.6 Å². The van der Waals surface area contributed by atoms with Gasteiger partial charge in [0.05, 0.1) is 17.0 Å². The molecule has 9 heteroatoms. The van der Waals surface area contributed by atoms with Crippen molar-refractivity contribution >= 4 is 28.8 Å². The second kappa shape index (κ2) is 8.80. The Labute approximate surface area is 194 Å². The predicted octanol–water partition coefficient (Wildman–Crippen LogP) is 5.23. The highest BCUT2D eigenvalue weighted by Gasteiger charge is 2.26. The maximum atomic E-state index is 12.9. The Kier molecular flexibility index (Phi) is 6.08. The molecule has 32 heavy (non-hydrogen) atoms. The lowest BCUT2D eigenvalue weighted by Gasteiger charge is -2.22. The lowest BCUT2D eigenvalue weighted by molar-refractivity contribution is 0.0944. The van der Waals surface area contributed by atoms with E-state index in [1.165, 1.54) is 0 Å². The number of nitrogens with one attached hydrogen (secondary N) is 1. The standard InChI is InChI=1S/C23H22ClN5O2S/c1-13-18(9-16(10-25-13)20-27-14(2)31-29-20)21(30)26-12-23(3,4)22-28-19(11-32-22)15-5-7-17(24)8-6-15/h5-11H,12H2,1-4H3,(H,26,30). The van der Waals surface area contributed by atoms with Crippen LogP contribution in [-0.2, 0) is 5.41 Å². The van der Waals surface area contributed by atoms with Gasteiger partial charge in [0, 0.05) is 46.6 Å². The van der Waals surface area contributed by atoms with Gasteiger partial charge >= 0.3 is 0 Å². The lowest BCUT2D eigenvalue weighted by Crippen LogP contribution is -2.37. The number of thiazole rings is 1. The average Bonchev–Trinajstić information content (AvgIpc) is 3.43. The fourth-order valence-corrected chi connectivity index (χ4v) is 4.19. The molecule has 0 aliphatic rings. The predicted molar refractivity (Wildman–Crippen MR) is 125 cm³/mol. The normalized spacial score (nSPS) is 11.5. The van der Waals surface area contributed by atoms with E-state index in [1.54, 1.807) is 37.4 Å². The minimum Gasteiger partial charge on any atom is -0.351 e. The Morgan fingerprint density at radius 1 is 1.16 bits per heavy atom. The number of nitrogens with zero attached hydrogens (tertiary/aromatic N) is 4. The Hall–Kier alpha value is -3.10. The van der Waals surface area contributed by atoms with Crippen molar-refractivity contribution in [2.24, 2.45) is 0 Å². The molecule has 0 saturated heterocycles. The third-order valence-electron chi connectivity index (χ3n) is 5.03. The van der Waals surface area contributed by atoms with Gasteiger partial charge in [0.25, 0.3) is 5.91 Å². The molecule has 0 aliphatic heterocycles. The minimum atomic E-state index is -0.352. The van der Waals surface area contributed by atoms with Crippen LogP contribution in [0.4, 0.5) is 0 Å². The fourth-order valence-electron chi connectivity index (χ4n) is 3.11. The summed E-state index contributed by atoms with van der Waals surface area (Å²) in [6, 6.07) is 9.33. The number of amides is 1. The Bertz CT molecular complexity index is 1260. The van der Waals surface area contributed by atoms with E-state index in [4.69, 9.17) is 21.1 Å². The summed E-state index contributed by atoms with van der Waals surface area (Å²) >= 11 is 7.55. The minimum absolute atomic E-state index is 0.209. The zero-order valence-corrected chi connectivity index (χ0v) is 19.7. The fraction of sp³-hybridized carbons (Fsp3) is 0.261. The van der Waals surface area contributed by atoms with Gasteiger partial charge in [-0.2, -0.15) is 4.98 Å². The first-order valence-corrected chi connectivity index (χ1v) is 11.3. The Balaban J connectivity index is 1.48. The second-order valence-electron chi connectivity index (χ2n) is 8.11. The molecule has 0 saturated carbocycles. The number of halogens is 1. The van der Waals surface area contributed by atoms with E-state index in [1.807, 2.05) is 29.6 Å². The number of aryl methyl sites for hydroxylation is 2. The number of pyridine rings is 1. The Morgan fingerprint density at radius 3 is 2.59 bits per heavy atom. The Morgan fingerprint density at radius 2 is 1.91 bits per heavy atom. The first-order chi connectivity index (χ1) is 15.2. The number of carbonyl (C=O) groups is 1. The third kappa shape index (κ3) is 4.71. The molecule has 0 unspecified atom stereocenters. The first-order valence-electron chi connectivity index (χ1n) is 10.0. The summed E-state index contributed by atoms with van der Waals surface area (Å²) < 4.78 is 5.03. The molecule has 0 radical (unpaired) electrons. The highest BCUT2D eigenvalue weighted by atomic mass is 35.5. The molecule has 0 spiro atoms. The zero-order valence-electron chi connectivity index (χ0n) is 18.1. The van der Waals surface area contributed by atoms with Crippen molar-refractivity contribution in [2.45, 2.75) is 33.1 Å². The molecule has 3 aromatic heterocycles. The molecule has 1 aromatic carbocycles. The first kappa shape index (κ1) is 22.1. The van der Waals surface area contributed by atoms with E-state index in [9.17, 15) is 4.79 Å². The number of hydrogen-bond donors (Lipinski definition) is 1. The van der Waals surface area contributed by atoms with E-state index in [0.29, 0.717) is 40.1 Å². The van der Waals surface area contributed by atoms with Gasteiger partial charge in [-0.15, -0.1) is 11.3 Å². The number of carbonyl (C=O) groups excluding carboxylic acids is 1. The maximum Gasteiger partial charge on any atom is 0.253 e. The highest BCUT2D eigenvalue weighted by Crippen LogP contribution is 2.30. The summed E-state index contributed by atoms with van der Waals surface area (Å²) in [6.45, 7) is 8.04. The van der Waals surface area contributed by atoms with Gasteiger partial charge in [-0.3, -0.25) is 9.78 Å². The van der Waals surface area contributed by atoms with Crippen molar-refractivity contribution in [3.63, 3.8) is 0 Å². The largest absolute Gasteiger partial charge is 0.351 e. The van der Waals surface area contributed by atoms with E-state index in [0.717, 1.165) is 16.3 Å².